The van der Waals surface area contributed by atoms with E-state index in [-0.39, 0.29) is 41.9 Å². The maximum Gasteiger partial charge on any atom is 1.00 e. The van der Waals surface area contributed by atoms with E-state index in [1.165, 1.54) is 0 Å². The molecule has 0 aliphatic rings. The van der Waals surface area contributed by atoms with Crippen LogP contribution in [-0.4, -0.2) is 28.9 Å². The maximum atomic E-state index is 9.12. The molecule has 8 heteroatoms. The Morgan fingerprint density at radius 1 is 1.56 bits per heavy atom. The van der Waals surface area contributed by atoms with Crippen LogP contribution in [0.15, 0.2) is 0 Å². The van der Waals surface area contributed by atoms with E-state index in [1.54, 1.807) is 0 Å². The van der Waals surface area contributed by atoms with Crippen molar-refractivity contribution in [1.82, 2.24) is 0 Å². The van der Waals surface area contributed by atoms with Crippen LogP contribution in [0.5, 0.6) is 0 Å². The number of aliphatic hydroxyl groups is 1. The van der Waals surface area contributed by atoms with Gasteiger partial charge < -0.3 is 18.8 Å². The number of hydrogen-bond donors (Lipinski definition) is 3. The summed E-state index contributed by atoms with van der Waals surface area (Å²) in [5.41, 5.74) is 0. The fourth-order valence-electron chi connectivity index (χ4n) is 0. The molecule has 5 nitrogen and oxygen atoms in total. The van der Waals surface area contributed by atoms with Gasteiger partial charge in [-0.25, -0.2) is 0 Å². The van der Waals surface area contributed by atoms with Crippen LogP contribution >= 0.6 is 12.3 Å². The summed E-state index contributed by atoms with van der Waals surface area (Å²) >= 11 is -2.52. The van der Waals surface area contributed by atoms with Crippen molar-refractivity contribution in [3.05, 3.63) is 0 Å². The predicted molar refractivity (Wildman–Crippen MR) is 28.9 cm³/mol. The Kier molecular flexibility index (Phi) is 30.1. The molecular formula is CH5NaO5S2. The van der Waals surface area contributed by atoms with Gasteiger partial charge in [0.05, 0.1) is 0 Å². The van der Waals surface area contributed by atoms with Crippen LogP contribution in [0.4, 0.5) is 0 Å². The molecule has 0 spiro atoms. The molecule has 0 radical (unpaired) electrons. The van der Waals surface area contributed by atoms with Gasteiger partial charge in [0.15, 0.2) is 12.3 Å². The molecule has 1 unspecified atom stereocenters. The van der Waals surface area contributed by atoms with Crippen molar-refractivity contribution < 1.29 is 52.5 Å². The molecule has 52 valence electrons. The molecule has 3 N–H and O–H groups in total. The zero-order valence-corrected chi connectivity index (χ0v) is 8.31. The molecule has 1 atom stereocenters. The van der Waals surface area contributed by atoms with E-state index in [4.69, 9.17) is 23.0 Å². The molecule has 0 heterocycles. The van der Waals surface area contributed by atoms with Gasteiger partial charge >= 0.3 is 29.6 Å². The molecule has 0 saturated carbocycles. The van der Waals surface area contributed by atoms with Crippen LogP contribution in [0.1, 0.15) is 0 Å². The third-order valence-corrected chi connectivity index (χ3v) is 0.316. The molecule has 0 aromatic heterocycles. The summed E-state index contributed by atoms with van der Waals surface area (Å²) in [6.45, 7) is 0. The Balaban J connectivity index is -0.0000000800. The average molecular weight is 184 g/mol. The second kappa shape index (κ2) is 16.2. The topological polar surface area (TPSA) is 101 Å². The van der Waals surface area contributed by atoms with Gasteiger partial charge in [-0.05, 0) is 11.1 Å². The first-order chi connectivity index (χ1) is 3.68. The van der Waals surface area contributed by atoms with Gasteiger partial charge in [0.1, 0.15) is 5.94 Å². The van der Waals surface area contributed by atoms with E-state index in [2.05, 4.69) is 0 Å². The van der Waals surface area contributed by atoms with Crippen LogP contribution in [0.2, 0.25) is 0 Å². The summed E-state index contributed by atoms with van der Waals surface area (Å²) < 4.78 is 32.3. The van der Waals surface area contributed by atoms with Crippen molar-refractivity contribution in [1.29, 1.82) is 0 Å². The first-order valence-electron chi connectivity index (χ1n) is 1.30. The number of rotatable bonds is 1. The maximum absolute atomic E-state index is 9.12. The van der Waals surface area contributed by atoms with Gasteiger partial charge in [0, 0.05) is 0 Å². The smallest absolute Gasteiger partial charge is 0.771 e. The Morgan fingerprint density at radius 3 is 1.67 bits per heavy atom. The summed E-state index contributed by atoms with van der Waals surface area (Å²) in [5.74, 6) is -0.778. The molecule has 9 heavy (non-hydrogen) atoms. The van der Waals surface area contributed by atoms with Crippen molar-refractivity contribution >= 4 is 23.4 Å². The summed E-state index contributed by atoms with van der Waals surface area (Å²) in [7, 11) is 0. The quantitative estimate of drug-likeness (QED) is 0.222. The third kappa shape index (κ3) is 45.1. The van der Waals surface area contributed by atoms with Crippen LogP contribution in [0.3, 0.4) is 0 Å². The Labute approximate surface area is 81.5 Å². The summed E-state index contributed by atoms with van der Waals surface area (Å²) in [6.07, 6.45) is 0. The van der Waals surface area contributed by atoms with E-state index in [0.717, 1.165) is 0 Å². The predicted octanol–water partition coefficient (Wildman–Crippen LogP) is -3.52. The van der Waals surface area contributed by atoms with Gasteiger partial charge in [-0.15, -0.1) is 0 Å². The third-order valence-electron chi connectivity index (χ3n) is 0.105. The number of aliphatic hydroxyl groups excluding tert-OH is 1. The first kappa shape index (κ1) is 16.7. The van der Waals surface area contributed by atoms with E-state index in [1.807, 2.05) is 0 Å². The van der Waals surface area contributed by atoms with Gasteiger partial charge in [-0.2, -0.15) is 0 Å². The molecule has 0 fully saturated rings. The van der Waals surface area contributed by atoms with Gasteiger partial charge in [-0.3, -0.25) is 4.21 Å². The second-order valence-corrected chi connectivity index (χ2v) is 1.54. The molecule has 0 aromatic rings. The standard InChI is InChI=1S/CH4O3S.Na.H2O2S/c2-1-5(3)4;;1-3-2/h2H,1H2,(H,3,4);;1-2H/q;+1;/p-1. The monoisotopic (exact) mass is 184 g/mol. The SMILES string of the molecule is O=S([O-])CO.OSO.[Na+]. The van der Waals surface area contributed by atoms with Gasteiger partial charge in [0.2, 0.25) is 0 Å². The molecule has 0 saturated heterocycles. The Morgan fingerprint density at radius 2 is 1.67 bits per heavy atom. The van der Waals surface area contributed by atoms with Crippen molar-refractivity contribution in [2.45, 2.75) is 0 Å². The minimum absolute atomic E-state index is 0. The van der Waals surface area contributed by atoms with Crippen LogP contribution in [0.25, 0.3) is 0 Å². The number of hydrogen-bond acceptors (Lipinski definition) is 6. The van der Waals surface area contributed by atoms with E-state index in [9.17, 15) is 0 Å². The second-order valence-electron chi connectivity index (χ2n) is 0.514. The van der Waals surface area contributed by atoms with Crippen LogP contribution < -0.4 is 29.6 Å². The summed E-state index contributed by atoms with van der Waals surface area (Å²) in [4.78, 5) is 0. The van der Waals surface area contributed by atoms with Crippen molar-refractivity contribution in [3.8, 4) is 0 Å². The van der Waals surface area contributed by atoms with Crippen LogP contribution in [-0.2, 0) is 11.1 Å². The Hall–Kier alpha value is 1.34. The van der Waals surface area contributed by atoms with Gasteiger partial charge in [-0.1, -0.05) is 0 Å². The summed E-state index contributed by atoms with van der Waals surface area (Å²) in [5, 5.41) is 7.53. The molecule has 0 rings (SSSR count). The van der Waals surface area contributed by atoms with Crippen molar-refractivity contribution in [2.24, 2.45) is 0 Å². The Bertz CT molecular complexity index is 58.9. The minimum atomic E-state index is -2.27. The van der Waals surface area contributed by atoms with Crippen LogP contribution in [0, 0.1) is 0 Å². The van der Waals surface area contributed by atoms with Crippen molar-refractivity contribution in [3.63, 3.8) is 0 Å². The fourth-order valence-corrected chi connectivity index (χ4v) is 0. The average Bonchev–Trinajstić information content (AvgIpc) is 1.69. The molecule has 0 aromatic carbocycles. The largest absolute Gasteiger partial charge is 1.00 e. The first-order valence-corrected chi connectivity index (χ1v) is 3.28. The van der Waals surface area contributed by atoms with E-state index < -0.39 is 17.0 Å². The molecule has 0 aliphatic heterocycles. The zero-order valence-electron chi connectivity index (χ0n) is 4.68. The normalized spacial score (nSPS) is 10.2. The molecule has 0 amide bonds. The molecular weight excluding hydrogens is 179 g/mol. The zero-order chi connectivity index (χ0) is 6.99. The minimum Gasteiger partial charge on any atom is -0.771 e. The van der Waals surface area contributed by atoms with E-state index >= 15 is 0 Å². The fraction of sp³-hybridized carbons (Fsp3) is 1.00. The van der Waals surface area contributed by atoms with Gasteiger partial charge in [0.25, 0.3) is 0 Å². The molecule has 0 bridgehead atoms. The van der Waals surface area contributed by atoms with E-state index in [0.29, 0.717) is 0 Å². The molecule has 0 aliphatic carbocycles. The summed E-state index contributed by atoms with van der Waals surface area (Å²) in [6, 6.07) is 0. The van der Waals surface area contributed by atoms with Crippen molar-refractivity contribution in [2.75, 3.05) is 5.94 Å².